The molecule has 0 radical (unpaired) electrons. The van der Waals surface area contributed by atoms with Crippen molar-refractivity contribution in [3.8, 4) is 0 Å². The molecule has 0 aliphatic carbocycles. The molecule has 0 bridgehead atoms. The van der Waals surface area contributed by atoms with Gasteiger partial charge in [-0.05, 0) is 37.9 Å². The molecule has 0 saturated carbocycles. The van der Waals surface area contributed by atoms with Crippen molar-refractivity contribution in [1.29, 1.82) is 0 Å². The average Bonchev–Trinajstić information content (AvgIpc) is 2.33. The number of aryl methyl sites for hydroxylation is 2. The highest BCUT2D eigenvalue weighted by atomic mass is 16.5. The van der Waals surface area contributed by atoms with E-state index < -0.39 is 0 Å². The van der Waals surface area contributed by atoms with Crippen LogP contribution in [-0.4, -0.2) is 25.7 Å². The van der Waals surface area contributed by atoms with Gasteiger partial charge >= 0.3 is 5.97 Å². The number of hydrogen-bond acceptors (Lipinski definition) is 3. The first-order valence-corrected chi connectivity index (χ1v) is 6.61. The summed E-state index contributed by atoms with van der Waals surface area (Å²) in [6, 6.07) is 5.82. The fraction of sp³-hybridized carbons (Fsp3) is 0.533. The van der Waals surface area contributed by atoms with Crippen LogP contribution in [0.15, 0.2) is 18.2 Å². The summed E-state index contributed by atoms with van der Waals surface area (Å²) in [7, 11) is 0. The molecule has 0 spiro atoms. The average molecular weight is 249 g/mol. The molecule has 18 heavy (non-hydrogen) atoms. The summed E-state index contributed by atoms with van der Waals surface area (Å²) < 4.78 is 5.27. The Morgan fingerprint density at radius 2 is 1.89 bits per heavy atom. The molecule has 1 aromatic carbocycles. The predicted molar refractivity (Wildman–Crippen MR) is 74.0 cm³/mol. The zero-order chi connectivity index (χ0) is 13.4. The smallest absolute Gasteiger partial charge is 0.338 e. The standard InChI is InChI=1S/C15H23NO2/c1-4-5-9-16-10-11-18-15(17)14-12(2)7-6-8-13(14)3/h6-8,16H,4-5,9-11H2,1-3H3. The number of esters is 1. The summed E-state index contributed by atoms with van der Waals surface area (Å²) in [5, 5.41) is 3.25. The van der Waals surface area contributed by atoms with Gasteiger partial charge in [0, 0.05) is 6.54 Å². The van der Waals surface area contributed by atoms with Gasteiger partial charge in [-0.3, -0.25) is 0 Å². The monoisotopic (exact) mass is 249 g/mol. The van der Waals surface area contributed by atoms with Crippen molar-refractivity contribution in [2.45, 2.75) is 33.6 Å². The van der Waals surface area contributed by atoms with Gasteiger partial charge in [-0.1, -0.05) is 31.5 Å². The Bertz CT molecular complexity index is 368. The van der Waals surface area contributed by atoms with Crippen LogP contribution in [-0.2, 0) is 4.74 Å². The second-order valence-electron chi connectivity index (χ2n) is 4.51. The molecule has 0 aromatic heterocycles. The van der Waals surface area contributed by atoms with Gasteiger partial charge in [0.1, 0.15) is 6.61 Å². The number of rotatable bonds is 7. The van der Waals surface area contributed by atoms with Crippen LogP contribution in [0.2, 0.25) is 0 Å². The number of ether oxygens (including phenoxy) is 1. The van der Waals surface area contributed by atoms with Gasteiger partial charge in [0.15, 0.2) is 0 Å². The third-order valence-corrected chi connectivity index (χ3v) is 2.90. The van der Waals surface area contributed by atoms with Crippen LogP contribution in [0.25, 0.3) is 0 Å². The van der Waals surface area contributed by atoms with E-state index in [1.807, 2.05) is 32.0 Å². The molecule has 0 amide bonds. The SMILES string of the molecule is CCCCNCCOC(=O)c1c(C)cccc1C. The zero-order valence-corrected chi connectivity index (χ0v) is 11.6. The van der Waals surface area contributed by atoms with Crippen molar-refractivity contribution >= 4 is 5.97 Å². The van der Waals surface area contributed by atoms with E-state index in [1.54, 1.807) is 0 Å². The third-order valence-electron chi connectivity index (χ3n) is 2.90. The largest absolute Gasteiger partial charge is 0.461 e. The van der Waals surface area contributed by atoms with Crippen molar-refractivity contribution in [2.24, 2.45) is 0 Å². The molecular formula is C15H23NO2. The summed E-state index contributed by atoms with van der Waals surface area (Å²) in [5.41, 5.74) is 2.64. The van der Waals surface area contributed by atoms with Crippen LogP contribution in [0.4, 0.5) is 0 Å². The molecule has 1 rings (SSSR count). The summed E-state index contributed by atoms with van der Waals surface area (Å²) >= 11 is 0. The number of hydrogen-bond donors (Lipinski definition) is 1. The first-order chi connectivity index (χ1) is 8.66. The van der Waals surface area contributed by atoms with E-state index in [1.165, 1.54) is 6.42 Å². The lowest BCUT2D eigenvalue weighted by atomic mass is 10.0. The van der Waals surface area contributed by atoms with Gasteiger partial charge in [-0.25, -0.2) is 4.79 Å². The second-order valence-corrected chi connectivity index (χ2v) is 4.51. The normalized spacial score (nSPS) is 10.4. The lowest BCUT2D eigenvalue weighted by molar-refractivity contribution is 0.0507. The third kappa shape index (κ3) is 4.49. The van der Waals surface area contributed by atoms with Crippen molar-refractivity contribution in [1.82, 2.24) is 5.32 Å². The maximum atomic E-state index is 11.9. The van der Waals surface area contributed by atoms with Crippen LogP contribution in [0.3, 0.4) is 0 Å². The number of carbonyl (C=O) groups is 1. The van der Waals surface area contributed by atoms with E-state index >= 15 is 0 Å². The van der Waals surface area contributed by atoms with Crippen LogP contribution in [0, 0.1) is 13.8 Å². The van der Waals surface area contributed by atoms with Gasteiger partial charge in [-0.2, -0.15) is 0 Å². The van der Waals surface area contributed by atoms with Gasteiger partial charge < -0.3 is 10.1 Å². The van der Waals surface area contributed by atoms with Gasteiger partial charge in [0.25, 0.3) is 0 Å². The Labute approximate surface area is 110 Å². The first kappa shape index (κ1) is 14.7. The minimum absolute atomic E-state index is 0.220. The Morgan fingerprint density at radius 1 is 1.22 bits per heavy atom. The van der Waals surface area contributed by atoms with Crippen LogP contribution in [0.1, 0.15) is 41.3 Å². The van der Waals surface area contributed by atoms with Gasteiger partial charge in [0.05, 0.1) is 5.56 Å². The second kappa shape index (κ2) is 7.88. The highest BCUT2D eigenvalue weighted by Gasteiger charge is 2.12. The quantitative estimate of drug-likeness (QED) is 0.596. The fourth-order valence-electron chi connectivity index (χ4n) is 1.85. The van der Waals surface area contributed by atoms with Crippen molar-refractivity contribution in [3.05, 3.63) is 34.9 Å². The number of carbonyl (C=O) groups excluding carboxylic acids is 1. The molecule has 0 aliphatic rings. The molecule has 1 aromatic rings. The molecule has 3 nitrogen and oxygen atoms in total. The fourth-order valence-corrected chi connectivity index (χ4v) is 1.85. The highest BCUT2D eigenvalue weighted by Crippen LogP contribution is 2.14. The highest BCUT2D eigenvalue weighted by molar-refractivity contribution is 5.92. The maximum Gasteiger partial charge on any atom is 0.338 e. The molecule has 0 fully saturated rings. The molecule has 0 aliphatic heterocycles. The molecule has 0 unspecified atom stereocenters. The predicted octanol–water partition coefficient (Wildman–Crippen LogP) is 2.85. The molecule has 0 saturated heterocycles. The molecule has 100 valence electrons. The van der Waals surface area contributed by atoms with Gasteiger partial charge in [-0.15, -0.1) is 0 Å². The zero-order valence-electron chi connectivity index (χ0n) is 11.6. The summed E-state index contributed by atoms with van der Waals surface area (Å²) in [6.45, 7) is 8.15. The molecule has 0 heterocycles. The molecular weight excluding hydrogens is 226 g/mol. The summed E-state index contributed by atoms with van der Waals surface area (Å²) in [4.78, 5) is 11.9. The van der Waals surface area contributed by atoms with E-state index in [2.05, 4.69) is 12.2 Å². The molecule has 3 heteroatoms. The van der Waals surface area contributed by atoms with Gasteiger partial charge in [0.2, 0.25) is 0 Å². The van der Waals surface area contributed by atoms with Crippen molar-refractivity contribution in [2.75, 3.05) is 19.7 Å². The Hall–Kier alpha value is -1.35. The Morgan fingerprint density at radius 3 is 2.50 bits per heavy atom. The molecule has 1 N–H and O–H groups in total. The first-order valence-electron chi connectivity index (χ1n) is 6.61. The Kier molecular flexibility index (Phi) is 6.44. The number of unbranched alkanes of at least 4 members (excludes halogenated alkanes) is 1. The number of benzene rings is 1. The lowest BCUT2D eigenvalue weighted by Gasteiger charge is -2.10. The lowest BCUT2D eigenvalue weighted by Crippen LogP contribution is -2.22. The summed E-state index contributed by atoms with van der Waals surface area (Å²) in [6.07, 6.45) is 2.33. The minimum atomic E-state index is -0.220. The Balaban J connectivity index is 2.37. The van der Waals surface area contributed by atoms with E-state index in [9.17, 15) is 4.79 Å². The van der Waals surface area contributed by atoms with E-state index in [4.69, 9.17) is 4.74 Å². The van der Waals surface area contributed by atoms with E-state index in [0.717, 1.165) is 30.6 Å². The summed E-state index contributed by atoms with van der Waals surface area (Å²) in [5.74, 6) is -0.220. The maximum absolute atomic E-state index is 11.9. The van der Waals surface area contributed by atoms with E-state index in [-0.39, 0.29) is 5.97 Å². The molecule has 0 atom stereocenters. The van der Waals surface area contributed by atoms with Crippen molar-refractivity contribution in [3.63, 3.8) is 0 Å². The topological polar surface area (TPSA) is 38.3 Å². The minimum Gasteiger partial charge on any atom is -0.461 e. The number of nitrogens with one attached hydrogen (secondary N) is 1. The van der Waals surface area contributed by atoms with E-state index in [0.29, 0.717) is 12.2 Å². The van der Waals surface area contributed by atoms with Crippen LogP contribution in [0.5, 0.6) is 0 Å². The van der Waals surface area contributed by atoms with Crippen LogP contribution >= 0.6 is 0 Å². The van der Waals surface area contributed by atoms with Crippen molar-refractivity contribution < 1.29 is 9.53 Å². The van der Waals surface area contributed by atoms with Crippen LogP contribution < -0.4 is 5.32 Å².